The van der Waals surface area contributed by atoms with Gasteiger partial charge >= 0.3 is 0 Å². The Kier molecular flexibility index (Phi) is 4.71. The van der Waals surface area contributed by atoms with E-state index >= 15 is 0 Å². The summed E-state index contributed by atoms with van der Waals surface area (Å²) in [6.45, 7) is 0. The van der Waals surface area contributed by atoms with E-state index in [0.717, 1.165) is 30.6 Å². The Morgan fingerprint density at radius 3 is 2.44 bits per heavy atom. The molecule has 3 aromatic rings. The smallest absolute Gasteiger partial charge is 0.267 e. The van der Waals surface area contributed by atoms with Crippen LogP contribution in [0.2, 0.25) is 0 Å². The van der Waals surface area contributed by atoms with Crippen LogP contribution in [0.3, 0.4) is 0 Å². The van der Waals surface area contributed by atoms with E-state index in [1.54, 1.807) is 18.2 Å². The quantitative estimate of drug-likeness (QED) is 0.742. The number of aromatic nitrogens is 1. The number of amides is 1. The molecule has 25 heavy (non-hydrogen) atoms. The number of thiazole rings is 1. The largest absolute Gasteiger partial charge is 0.491 e. The predicted molar refractivity (Wildman–Crippen MR) is 88.4 cm³/mol. The first-order valence-electron chi connectivity index (χ1n) is 7.04. The van der Waals surface area contributed by atoms with Crippen LogP contribution in [0.25, 0.3) is 10.6 Å². The van der Waals surface area contributed by atoms with E-state index in [9.17, 15) is 18.0 Å². The van der Waals surface area contributed by atoms with Gasteiger partial charge in [-0.3, -0.25) is 4.79 Å². The maximum absolute atomic E-state index is 13.8. The minimum Gasteiger partial charge on any atom is -0.491 e. The molecule has 0 bridgehead atoms. The van der Waals surface area contributed by atoms with Crippen molar-refractivity contribution in [2.45, 2.75) is 0 Å². The highest BCUT2D eigenvalue weighted by molar-refractivity contribution is 7.17. The molecule has 8 heteroatoms. The van der Waals surface area contributed by atoms with Crippen LogP contribution in [0.4, 0.5) is 18.9 Å². The van der Waals surface area contributed by atoms with Crippen LogP contribution in [0.5, 0.6) is 5.75 Å². The van der Waals surface area contributed by atoms with Crippen molar-refractivity contribution >= 4 is 22.9 Å². The Morgan fingerprint density at radius 1 is 1.12 bits per heavy atom. The van der Waals surface area contributed by atoms with Crippen molar-refractivity contribution in [3.05, 3.63) is 64.9 Å². The molecule has 0 fully saturated rings. The van der Waals surface area contributed by atoms with Crippen molar-refractivity contribution in [3.63, 3.8) is 0 Å². The lowest BCUT2D eigenvalue weighted by atomic mass is 10.2. The van der Waals surface area contributed by atoms with Crippen LogP contribution in [-0.4, -0.2) is 18.0 Å². The van der Waals surface area contributed by atoms with Crippen LogP contribution in [0.1, 0.15) is 9.67 Å². The van der Waals surface area contributed by atoms with Gasteiger partial charge in [-0.25, -0.2) is 18.2 Å². The lowest BCUT2D eigenvalue weighted by Crippen LogP contribution is -2.11. The number of hydrogen-bond donors (Lipinski definition) is 1. The van der Waals surface area contributed by atoms with Gasteiger partial charge in [0, 0.05) is 23.4 Å². The zero-order valence-corrected chi connectivity index (χ0v) is 13.7. The molecule has 3 rings (SSSR count). The number of carbonyl (C=O) groups excluding carboxylic acids is 1. The molecule has 1 amide bonds. The molecule has 128 valence electrons. The van der Waals surface area contributed by atoms with E-state index in [0.29, 0.717) is 5.01 Å². The van der Waals surface area contributed by atoms with Crippen LogP contribution in [0, 0.1) is 17.5 Å². The molecule has 0 spiro atoms. The lowest BCUT2D eigenvalue weighted by Gasteiger charge is -2.07. The molecular formula is C17H11F3N2O2S. The summed E-state index contributed by atoms with van der Waals surface area (Å²) in [5, 5.41) is 2.70. The van der Waals surface area contributed by atoms with E-state index in [4.69, 9.17) is 0 Å². The standard InChI is InChI=1S/C17H11F3N2O2S/c1-24-15-12(19)6-9(7-13(15)20)22-16(23)14-8-21-17(25-14)10-4-2-3-5-11(10)18/h2-8H,1H3,(H,22,23). The van der Waals surface area contributed by atoms with Gasteiger partial charge in [0.05, 0.1) is 13.3 Å². The molecule has 4 nitrogen and oxygen atoms in total. The first-order valence-corrected chi connectivity index (χ1v) is 7.86. The molecule has 0 atom stereocenters. The van der Waals surface area contributed by atoms with Gasteiger partial charge < -0.3 is 10.1 Å². The summed E-state index contributed by atoms with van der Waals surface area (Å²) < 4.78 is 45.7. The minimum atomic E-state index is -0.936. The highest BCUT2D eigenvalue weighted by Gasteiger charge is 2.16. The summed E-state index contributed by atoms with van der Waals surface area (Å²) in [5.74, 6) is -3.46. The molecule has 0 aliphatic rings. The highest BCUT2D eigenvalue weighted by Crippen LogP contribution is 2.29. The van der Waals surface area contributed by atoms with Crippen molar-refractivity contribution in [1.82, 2.24) is 4.98 Å². The second-order valence-electron chi connectivity index (χ2n) is 4.94. The van der Waals surface area contributed by atoms with Gasteiger partial charge in [-0.1, -0.05) is 12.1 Å². The molecule has 1 heterocycles. The SMILES string of the molecule is COc1c(F)cc(NC(=O)c2cnc(-c3ccccc3F)s2)cc1F. The number of anilines is 1. The van der Waals surface area contributed by atoms with E-state index in [-0.39, 0.29) is 16.1 Å². The number of halogens is 3. The van der Waals surface area contributed by atoms with Crippen molar-refractivity contribution < 1.29 is 22.7 Å². The van der Waals surface area contributed by atoms with Gasteiger partial charge in [0.2, 0.25) is 0 Å². The number of nitrogens with zero attached hydrogens (tertiary/aromatic N) is 1. The van der Waals surface area contributed by atoms with E-state index in [2.05, 4.69) is 15.0 Å². The maximum Gasteiger partial charge on any atom is 0.267 e. The third-order valence-electron chi connectivity index (χ3n) is 3.29. The van der Waals surface area contributed by atoms with Gasteiger partial charge in [0.1, 0.15) is 15.7 Å². The Labute approximate surface area is 144 Å². The topological polar surface area (TPSA) is 51.2 Å². The predicted octanol–water partition coefficient (Wildman–Crippen LogP) is 4.49. The Bertz CT molecular complexity index is 920. The third kappa shape index (κ3) is 3.48. The zero-order valence-electron chi connectivity index (χ0n) is 12.8. The van der Waals surface area contributed by atoms with Gasteiger partial charge in [0.25, 0.3) is 5.91 Å². The second-order valence-corrected chi connectivity index (χ2v) is 5.97. The molecule has 2 aromatic carbocycles. The second kappa shape index (κ2) is 6.94. The third-order valence-corrected chi connectivity index (χ3v) is 4.32. The van der Waals surface area contributed by atoms with Gasteiger partial charge in [-0.05, 0) is 12.1 Å². The average Bonchev–Trinajstić information content (AvgIpc) is 3.05. The zero-order chi connectivity index (χ0) is 18.0. The first-order chi connectivity index (χ1) is 12.0. The Hall–Kier alpha value is -2.87. The van der Waals surface area contributed by atoms with E-state index in [1.807, 2.05) is 0 Å². The van der Waals surface area contributed by atoms with E-state index in [1.165, 1.54) is 12.3 Å². The molecule has 0 radical (unpaired) electrons. The fourth-order valence-corrected chi connectivity index (χ4v) is 3.00. The summed E-state index contributed by atoms with van der Waals surface area (Å²) in [7, 11) is 1.14. The molecule has 0 saturated carbocycles. The molecule has 0 aliphatic carbocycles. The molecular weight excluding hydrogens is 353 g/mol. The average molecular weight is 364 g/mol. The number of ether oxygens (including phenoxy) is 1. The molecule has 0 aliphatic heterocycles. The van der Waals surface area contributed by atoms with Crippen LogP contribution < -0.4 is 10.1 Å². The summed E-state index contributed by atoms with van der Waals surface area (Å²) in [6.07, 6.45) is 1.28. The van der Waals surface area contributed by atoms with Gasteiger partial charge in [0.15, 0.2) is 17.4 Å². The minimum absolute atomic E-state index is 0.0679. The fraction of sp³-hybridized carbons (Fsp3) is 0.0588. The molecule has 1 aromatic heterocycles. The van der Waals surface area contributed by atoms with Crippen LogP contribution >= 0.6 is 11.3 Å². The fourth-order valence-electron chi connectivity index (χ4n) is 2.16. The number of rotatable bonds is 4. The number of carbonyl (C=O) groups is 1. The lowest BCUT2D eigenvalue weighted by molar-refractivity contribution is 0.103. The monoisotopic (exact) mass is 364 g/mol. The highest BCUT2D eigenvalue weighted by atomic mass is 32.1. The van der Waals surface area contributed by atoms with Crippen LogP contribution in [-0.2, 0) is 0 Å². The van der Waals surface area contributed by atoms with E-state index < -0.39 is 29.1 Å². The number of methoxy groups -OCH3 is 1. The first kappa shape index (κ1) is 17.0. The van der Waals surface area contributed by atoms with Crippen molar-refractivity contribution in [1.29, 1.82) is 0 Å². The molecule has 0 unspecified atom stereocenters. The summed E-state index contributed by atoms with van der Waals surface area (Å²) in [5.41, 5.74) is 0.203. The molecule has 0 saturated heterocycles. The normalized spacial score (nSPS) is 10.6. The van der Waals surface area contributed by atoms with Crippen molar-refractivity contribution in [2.75, 3.05) is 12.4 Å². The Balaban J connectivity index is 1.82. The maximum atomic E-state index is 13.8. The number of nitrogens with one attached hydrogen (secondary N) is 1. The summed E-state index contributed by atoms with van der Waals surface area (Å²) in [4.78, 5) is 16.4. The Morgan fingerprint density at radius 2 is 1.80 bits per heavy atom. The molecule has 1 N–H and O–H groups in total. The van der Waals surface area contributed by atoms with Gasteiger partial charge in [-0.15, -0.1) is 11.3 Å². The number of benzene rings is 2. The summed E-state index contributed by atoms with van der Waals surface area (Å²) in [6, 6.07) is 7.93. The van der Waals surface area contributed by atoms with Crippen LogP contribution in [0.15, 0.2) is 42.6 Å². The van der Waals surface area contributed by atoms with Crippen molar-refractivity contribution in [3.8, 4) is 16.3 Å². The van der Waals surface area contributed by atoms with Crippen molar-refractivity contribution in [2.24, 2.45) is 0 Å². The number of hydrogen-bond acceptors (Lipinski definition) is 4. The van der Waals surface area contributed by atoms with Gasteiger partial charge in [-0.2, -0.15) is 0 Å². The summed E-state index contributed by atoms with van der Waals surface area (Å²) >= 11 is 0.968.